The zero-order chi connectivity index (χ0) is 14.7. The van der Waals surface area contributed by atoms with E-state index in [-0.39, 0.29) is 6.04 Å². The van der Waals surface area contributed by atoms with Gasteiger partial charge in [0.25, 0.3) is 0 Å². The van der Waals surface area contributed by atoms with Gasteiger partial charge in [-0.1, -0.05) is 18.5 Å². The molecule has 1 aliphatic rings. The largest absolute Gasteiger partial charge is 0.493 e. The second-order valence-electron chi connectivity index (χ2n) is 5.19. The van der Waals surface area contributed by atoms with Gasteiger partial charge < -0.3 is 10.1 Å². The Balaban J connectivity index is 1.86. The number of rotatable bonds is 6. The molecular formula is C15H18ClN3OS. The number of fused-ring (bicyclic) bond motifs is 1. The molecule has 0 radical (unpaired) electrons. The molecule has 0 bridgehead atoms. The zero-order valence-electron chi connectivity index (χ0n) is 11.9. The third kappa shape index (κ3) is 3.36. The maximum absolute atomic E-state index is 6.24. The van der Waals surface area contributed by atoms with Crippen LogP contribution in [0.25, 0.3) is 0 Å². The van der Waals surface area contributed by atoms with E-state index in [0.29, 0.717) is 0 Å². The number of nitrogens with zero attached hydrogens (tertiary/aromatic N) is 2. The van der Waals surface area contributed by atoms with Crippen LogP contribution in [0, 0.1) is 0 Å². The van der Waals surface area contributed by atoms with Crippen molar-refractivity contribution in [3.05, 3.63) is 40.2 Å². The minimum Gasteiger partial charge on any atom is -0.493 e. The van der Waals surface area contributed by atoms with Crippen LogP contribution in [-0.2, 0) is 12.8 Å². The summed E-state index contributed by atoms with van der Waals surface area (Å²) in [4.78, 5) is 0. The fourth-order valence-corrected chi connectivity index (χ4v) is 3.38. The van der Waals surface area contributed by atoms with Crippen LogP contribution in [0.2, 0.25) is 5.02 Å². The zero-order valence-corrected chi connectivity index (χ0v) is 13.5. The molecule has 112 valence electrons. The monoisotopic (exact) mass is 323 g/mol. The summed E-state index contributed by atoms with van der Waals surface area (Å²) in [7, 11) is 0. The molecular weight excluding hydrogens is 306 g/mol. The molecule has 0 fully saturated rings. The molecule has 2 aromatic rings. The van der Waals surface area contributed by atoms with Gasteiger partial charge in [-0.05, 0) is 42.6 Å². The number of nitrogens with one attached hydrogen (secondary N) is 1. The number of halogens is 1. The lowest BCUT2D eigenvalue weighted by Gasteiger charge is -2.18. The van der Waals surface area contributed by atoms with Crippen molar-refractivity contribution in [3.63, 3.8) is 0 Å². The molecule has 1 aromatic heterocycles. The highest BCUT2D eigenvalue weighted by atomic mass is 35.5. The Morgan fingerprint density at radius 2 is 2.38 bits per heavy atom. The maximum Gasteiger partial charge on any atom is 0.125 e. The van der Waals surface area contributed by atoms with Crippen molar-refractivity contribution < 1.29 is 4.74 Å². The van der Waals surface area contributed by atoms with Crippen molar-refractivity contribution in [3.8, 4) is 5.75 Å². The van der Waals surface area contributed by atoms with E-state index < -0.39 is 0 Å². The fraction of sp³-hybridized carbons (Fsp3) is 0.467. The first-order valence-electron chi connectivity index (χ1n) is 7.23. The molecule has 0 amide bonds. The summed E-state index contributed by atoms with van der Waals surface area (Å²) in [6.45, 7) is 3.85. The molecule has 1 unspecified atom stereocenters. The van der Waals surface area contributed by atoms with Crippen molar-refractivity contribution in [2.75, 3.05) is 13.2 Å². The Morgan fingerprint density at radius 1 is 1.48 bits per heavy atom. The van der Waals surface area contributed by atoms with Gasteiger partial charge in [-0.2, -0.15) is 8.75 Å². The van der Waals surface area contributed by atoms with E-state index in [9.17, 15) is 0 Å². The third-order valence-corrected chi connectivity index (χ3v) is 4.34. The van der Waals surface area contributed by atoms with Crippen LogP contribution >= 0.6 is 23.3 Å². The minimum atomic E-state index is 0.149. The summed E-state index contributed by atoms with van der Waals surface area (Å²) in [6.07, 6.45) is 4.67. The first kappa shape index (κ1) is 14.8. The van der Waals surface area contributed by atoms with Crippen LogP contribution in [0.3, 0.4) is 0 Å². The molecule has 1 aromatic carbocycles. The minimum absolute atomic E-state index is 0.149. The van der Waals surface area contributed by atoms with E-state index >= 15 is 0 Å². The van der Waals surface area contributed by atoms with E-state index in [1.807, 2.05) is 18.3 Å². The summed E-state index contributed by atoms with van der Waals surface area (Å²) < 4.78 is 14.3. The van der Waals surface area contributed by atoms with Gasteiger partial charge in [0.2, 0.25) is 0 Å². The number of hydrogen-bond acceptors (Lipinski definition) is 5. The molecule has 6 heteroatoms. The number of aromatic nitrogens is 2. The summed E-state index contributed by atoms with van der Waals surface area (Å²) >= 11 is 7.48. The van der Waals surface area contributed by atoms with Gasteiger partial charge in [-0.3, -0.25) is 0 Å². The van der Waals surface area contributed by atoms with Crippen LogP contribution in [0.5, 0.6) is 5.75 Å². The molecule has 0 saturated carbocycles. The second-order valence-corrected chi connectivity index (χ2v) is 6.19. The molecule has 0 saturated heterocycles. The molecule has 0 aliphatic carbocycles. The van der Waals surface area contributed by atoms with Crippen molar-refractivity contribution in [1.82, 2.24) is 14.1 Å². The first-order chi connectivity index (χ1) is 10.3. The predicted molar refractivity (Wildman–Crippen MR) is 85.3 cm³/mol. The Labute approximate surface area is 133 Å². The molecule has 4 nitrogen and oxygen atoms in total. The van der Waals surface area contributed by atoms with Crippen LogP contribution < -0.4 is 10.1 Å². The molecule has 0 spiro atoms. The van der Waals surface area contributed by atoms with Crippen LogP contribution in [0.1, 0.15) is 36.2 Å². The Morgan fingerprint density at radius 3 is 3.14 bits per heavy atom. The highest BCUT2D eigenvalue weighted by molar-refractivity contribution is 6.99. The molecule has 2 heterocycles. The molecule has 3 rings (SSSR count). The van der Waals surface area contributed by atoms with Crippen LogP contribution in [0.4, 0.5) is 0 Å². The van der Waals surface area contributed by atoms with E-state index in [1.54, 1.807) is 0 Å². The van der Waals surface area contributed by atoms with E-state index in [4.69, 9.17) is 16.3 Å². The standard InChI is InChI=1S/C15H18ClN3OS/c1-2-4-17-13(14-9-18-21-19-14)8-11-7-12(16)6-10-3-5-20-15(10)11/h6-7,9,13,17H,2-5,8H2,1H3. The number of hydrogen-bond donors (Lipinski definition) is 1. The average Bonchev–Trinajstić information content (AvgIpc) is 3.13. The lowest BCUT2D eigenvalue weighted by Crippen LogP contribution is -2.24. The molecule has 1 N–H and O–H groups in total. The van der Waals surface area contributed by atoms with Crippen molar-refractivity contribution in [1.29, 1.82) is 0 Å². The van der Waals surface area contributed by atoms with Gasteiger partial charge in [-0.25, -0.2) is 0 Å². The van der Waals surface area contributed by atoms with Crippen molar-refractivity contribution >= 4 is 23.3 Å². The molecule has 21 heavy (non-hydrogen) atoms. The van der Waals surface area contributed by atoms with E-state index in [0.717, 1.165) is 54.4 Å². The Bertz CT molecular complexity index is 603. The average molecular weight is 324 g/mol. The van der Waals surface area contributed by atoms with E-state index in [2.05, 4.69) is 21.0 Å². The second kappa shape index (κ2) is 6.73. The van der Waals surface area contributed by atoms with Crippen molar-refractivity contribution in [2.45, 2.75) is 32.2 Å². The molecule has 1 aliphatic heterocycles. The van der Waals surface area contributed by atoms with Gasteiger partial charge in [0.15, 0.2) is 0 Å². The quantitative estimate of drug-likeness (QED) is 0.885. The fourth-order valence-electron chi connectivity index (χ4n) is 2.64. The van der Waals surface area contributed by atoms with Gasteiger partial charge in [0, 0.05) is 11.4 Å². The number of ether oxygens (including phenoxy) is 1. The maximum atomic E-state index is 6.24. The van der Waals surface area contributed by atoms with Gasteiger partial charge >= 0.3 is 0 Å². The summed E-state index contributed by atoms with van der Waals surface area (Å²) in [5, 5.41) is 4.31. The molecule has 1 atom stereocenters. The number of benzene rings is 1. The van der Waals surface area contributed by atoms with Crippen LogP contribution in [0.15, 0.2) is 18.3 Å². The highest BCUT2D eigenvalue weighted by Crippen LogP contribution is 2.35. The SMILES string of the molecule is CCCNC(Cc1cc(Cl)cc2c1OCC2)c1cnsn1. The summed E-state index contributed by atoms with van der Waals surface area (Å²) in [5.41, 5.74) is 3.35. The smallest absolute Gasteiger partial charge is 0.125 e. The first-order valence-corrected chi connectivity index (χ1v) is 8.33. The van der Waals surface area contributed by atoms with Gasteiger partial charge in [0.1, 0.15) is 5.75 Å². The summed E-state index contributed by atoms with van der Waals surface area (Å²) in [5.74, 6) is 1.01. The third-order valence-electron chi connectivity index (χ3n) is 3.63. The summed E-state index contributed by atoms with van der Waals surface area (Å²) in [6, 6.07) is 4.16. The van der Waals surface area contributed by atoms with Crippen LogP contribution in [-0.4, -0.2) is 21.9 Å². The lowest BCUT2D eigenvalue weighted by molar-refractivity contribution is 0.351. The van der Waals surface area contributed by atoms with Gasteiger partial charge in [0.05, 0.1) is 36.3 Å². The lowest BCUT2D eigenvalue weighted by atomic mass is 10.00. The normalized spacial score (nSPS) is 14.8. The topological polar surface area (TPSA) is 47.0 Å². The van der Waals surface area contributed by atoms with Gasteiger partial charge in [-0.15, -0.1) is 0 Å². The predicted octanol–water partition coefficient (Wildman–Crippen LogP) is 3.41. The van der Waals surface area contributed by atoms with Crippen molar-refractivity contribution in [2.24, 2.45) is 0 Å². The Kier molecular flexibility index (Phi) is 4.73. The highest BCUT2D eigenvalue weighted by Gasteiger charge is 2.22. The Hall–Kier alpha value is -1.17. The van der Waals surface area contributed by atoms with E-state index in [1.165, 1.54) is 17.3 Å².